The number of carbonyl (C=O) groups excluding carboxylic acids is 2. The molecule has 0 spiro atoms. The highest BCUT2D eigenvalue weighted by molar-refractivity contribution is 7.89. The minimum absolute atomic E-state index is 0.0349. The van der Waals surface area contributed by atoms with Gasteiger partial charge < -0.3 is 0 Å². The smallest absolute Gasteiger partial charge is 0.271 e. The van der Waals surface area contributed by atoms with Gasteiger partial charge >= 0.3 is 0 Å². The summed E-state index contributed by atoms with van der Waals surface area (Å²) in [5, 5.41) is 14.8. The minimum atomic E-state index is -3.72. The van der Waals surface area contributed by atoms with Crippen molar-refractivity contribution in [3.05, 3.63) is 83.1 Å². The number of piperidine rings is 1. The van der Waals surface area contributed by atoms with Crippen LogP contribution < -0.4 is 0 Å². The molecular formula is C35H37N5O4S. The Balaban J connectivity index is 1.48. The van der Waals surface area contributed by atoms with E-state index < -0.39 is 21.8 Å². The van der Waals surface area contributed by atoms with Crippen molar-refractivity contribution in [3.8, 4) is 23.0 Å². The van der Waals surface area contributed by atoms with Crippen molar-refractivity contribution >= 4 is 27.9 Å². The van der Waals surface area contributed by atoms with Gasteiger partial charge in [-0.1, -0.05) is 56.5 Å². The van der Waals surface area contributed by atoms with E-state index in [9.17, 15) is 23.3 Å². The summed E-state index contributed by atoms with van der Waals surface area (Å²) in [6.07, 6.45) is 9.65. The zero-order chi connectivity index (χ0) is 31.7. The number of sulfonamides is 1. The highest BCUT2D eigenvalue weighted by Gasteiger charge is 2.40. The zero-order valence-electron chi connectivity index (χ0n) is 25.6. The maximum atomic E-state index is 14.0. The van der Waals surface area contributed by atoms with E-state index in [1.165, 1.54) is 4.90 Å². The molecule has 1 atom stereocenters. The molecule has 3 heterocycles. The monoisotopic (exact) mass is 623 g/mol. The van der Waals surface area contributed by atoms with Crippen LogP contribution in [0.2, 0.25) is 0 Å². The van der Waals surface area contributed by atoms with Crippen LogP contribution >= 0.6 is 0 Å². The molecule has 2 amide bonds. The molecule has 1 saturated heterocycles. The normalized spacial score (nSPS) is 21.4. The highest BCUT2D eigenvalue weighted by atomic mass is 32.2. The molecule has 9 nitrogen and oxygen atoms in total. The fourth-order valence-electron chi connectivity index (χ4n) is 6.67. The molecule has 1 aromatic heterocycles. The summed E-state index contributed by atoms with van der Waals surface area (Å²) in [7, 11) is -3.72. The van der Waals surface area contributed by atoms with Crippen molar-refractivity contribution in [2.75, 3.05) is 13.1 Å². The fourth-order valence-corrected chi connectivity index (χ4v) is 8.32. The Kier molecular flexibility index (Phi) is 8.58. The van der Waals surface area contributed by atoms with Crippen LogP contribution in [0.15, 0.2) is 82.4 Å². The summed E-state index contributed by atoms with van der Waals surface area (Å²) >= 11 is 0. The van der Waals surface area contributed by atoms with Gasteiger partial charge in [-0.3, -0.25) is 14.5 Å². The molecule has 232 valence electrons. The minimum Gasteiger partial charge on any atom is -0.271 e. The number of nitriles is 1. The second kappa shape index (κ2) is 12.6. The van der Waals surface area contributed by atoms with E-state index in [1.54, 1.807) is 46.4 Å². The number of carbonyl (C=O) groups is 2. The Labute approximate surface area is 264 Å². The van der Waals surface area contributed by atoms with Crippen molar-refractivity contribution in [1.29, 1.82) is 5.26 Å². The lowest BCUT2D eigenvalue weighted by atomic mass is 9.88. The first-order valence-corrected chi connectivity index (χ1v) is 17.1. The molecule has 2 fully saturated rings. The maximum absolute atomic E-state index is 14.0. The first-order chi connectivity index (χ1) is 21.7. The largest absolute Gasteiger partial charge is 0.271 e. The summed E-state index contributed by atoms with van der Waals surface area (Å²) in [4.78, 5) is 28.8. The van der Waals surface area contributed by atoms with Gasteiger partial charge in [-0.2, -0.15) is 14.7 Å². The predicted molar refractivity (Wildman–Crippen MR) is 171 cm³/mol. The number of hydrogen-bond donors (Lipinski definition) is 0. The molecule has 3 aliphatic rings. The molecule has 6 rings (SSSR count). The van der Waals surface area contributed by atoms with E-state index in [-0.39, 0.29) is 22.1 Å². The lowest BCUT2D eigenvalue weighted by molar-refractivity contribution is -0.143. The number of imide groups is 1. The number of benzene rings is 2. The molecule has 1 saturated carbocycles. The Bertz CT molecular complexity index is 1850. The predicted octanol–water partition coefficient (Wildman–Crippen LogP) is 5.88. The third-order valence-electron chi connectivity index (χ3n) is 9.14. The van der Waals surface area contributed by atoms with Crippen LogP contribution in [0.4, 0.5) is 0 Å². The van der Waals surface area contributed by atoms with Crippen LogP contribution in [0.3, 0.4) is 0 Å². The molecule has 0 N–H and O–H groups in total. The Morgan fingerprint density at radius 1 is 0.956 bits per heavy atom. The first-order valence-electron chi connectivity index (χ1n) is 15.7. The van der Waals surface area contributed by atoms with Gasteiger partial charge in [-0.25, -0.2) is 13.1 Å². The van der Waals surface area contributed by atoms with Gasteiger partial charge in [0.1, 0.15) is 17.3 Å². The van der Waals surface area contributed by atoms with Crippen molar-refractivity contribution in [3.63, 3.8) is 0 Å². The quantitative estimate of drug-likeness (QED) is 0.250. The topological polar surface area (TPSA) is 116 Å². The number of hydrogen-bond acceptors (Lipinski definition) is 6. The molecule has 10 heteroatoms. The van der Waals surface area contributed by atoms with Crippen LogP contribution in [0.5, 0.6) is 0 Å². The van der Waals surface area contributed by atoms with Gasteiger partial charge in [0.05, 0.1) is 10.6 Å². The Morgan fingerprint density at radius 2 is 1.71 bits per heavy atom. The molecule has 2 aliphatic heterocycles. The van der Waals surface area contributed by atoms with Crippen LogP contribution in [0.1, 0.15) is 64.4 Å². The van der Waals surface area contributed by atoms with Gasteiger partial charge in [0.15, 0.2) is 0 Å². The molecule has 1 aliphatic carbocycles. The van der Waals surface area contributed by atoms with Crippen LogP contribution in [0.25, 0.3) is 23.0 Å². The fraction of sp³-hybridized carbons (Fsp3) is 0.371. The summed E-state index contributed by atoms with van der Waals surface area (Å²) in [5.41, 5.74) is 2.97. The highest BCUT2D eigenvalue weighted by Crippen LogP contribution is 2.35. The van der Waals surface area contributed by atoms with Gasteiger partial charge in [0, 0.05) is 42.0 Å². The van der Waals surface area contributed by atoms with Crippen LogP contribution in [-0.4, -0.2) is 58.3 Å². The van der Waals surface area contributed by atoms with Crippen molar-refractivity contribution in [1.82, 2.24) is 19.0 Å². The number of para-hydroxylation sites is 1. The number of rotatable bonds is 6. The SMILES string of the molecule is CC1=C(C#N)C(=O)N(C2CCCCC2)C(=O)/C1=C/c1cn(-c2ccccc2)nc1-c1cccc(S(=O)(=O)N2CCCC(C)C2)c1. The zero-order valence-corrected chi connectivity index (χ0v) is 26.5. The van der Waals surface area contributed by atoms with Gasteiger partial charge in [0.2, 0.25) is 10.0 Å². The van der Waals surface area contributed by atoms with Crippen molar-refractivity contribution in [2.24, 2.45) is 5.92 Å². The van der Waals surface area contributed by atoms with E-state index in [4.69, 9.17) is 5.10 Å². The van der Waals surface area contributed by atoms with Crippen molar-refractivity contribution < 1.29 is 18.0 Å². The van der Waals surface area contributed by atoms with Crippen molar-refractivity contribution in [2.45, 2.75) is 69.7 Å². The van der Waals surface area contributed by atoms with Crippen LogP contribution in [0, 0.1) is 17.2 Å². The van der Waals surface area contributed by atoms with E-state index in [2.05, 4.69) is 6.92 Å². The number of aromatic nitrogens is 2. The van der Waals surface area contributed by atoms with E-state index in [0.717, 1.165) is 50.6 Å². The standard InChI is InChI=1S/C35H37N5O4S/c1-24-11-10-18-38(22-24)45(43,44)30-17-9-12-26(19-30)33-27(23-39(37-33)28-13-5-3-6-14-28)20-31-25(2)32(21-36)35(42)40(34(31)41)29-15-7-4-8-16-29/h3,5-6,9,12-14,17,19-20,23-24,29H,4,7-8,10-11,15-16,18,22H2,1-2H3/b31-20+. The molecule has 3 aromatic rings. The third kappa shape index (κ3) is 5.90. The number of amides is 2. The second-order valence-electron chi connectivity index (χ2n) is 12.3. The second-order valence-corrected chi connectivity index (χ2v) is 14.2. The molecule has 0 radical (unpaired) electrons. The average molecular weight is 624 g/mol. The molecule has 1 unspecified atom stereocenters. The van der Waals surface area contributed by atoms with Gasteiger partial charge in [0.25, 0.3) is 11.8 Å². The Hall–Kier alpha value is -4.33. The Morgan fingerprint density at radius 3 is 2.42 bits per heavy atom. The summed E-state index contributed by atoms with van der Waals surface area (Å²) < 4.78 is 30.6. The van der Waals surface area contributed by atoms with E-state index in [0.29, 0.717) is 41.4 Å². The lowest BCUT2D eigenvalue weighted by Crippen LogP contribution is -2.49. The maximum Gasteiger partial charge on any atom is 0.271 e. The summed E-state index contributed by atoms with van der Waals surface area (Å²) in [5.74, 6) is -0.661. The average Bonchev–Trinajstić information content (AvgIpc) is 3.48. The molecule has 0 bridgehead atoms. The van der Waals surface area contributed by atoms with E-state index >= 15 is 0 Å². The first kappa shape index (κ1) is 30.7. The lowest BCUT2D eigenvalue weighted by Gasteiger charge is -2.36. The molecule has 2 aromatic carbocycles. The van der Waals surface area contributed by atoms with E-state index in [1.807, 2.05) is 42.5 Å². The molecule has 45 heavy (non-hydrogen) atoms. The molecular weight excluding hydrogens is 586 g/mol. The third-order valence-corrected chi connectivity index (χ3v) is 11.0. The van der Waals surface area contributed by atoms with Gasteiger partial charge in [-0.05, 0) is 74.4 Å². The van der Waals surface area contributed by atoms with Crippen LogP contribution in [-0.2, 0) is 19.6 Å². The number of nitrogens with zero attached hydrogens (tertiary/aromatic N) is 5. The summed E-state index contributed by atoms with van der Waals surface area (Å²) in [6.45, 7) is 4.67. The van der Waals surface area contributed by atoms with Gasteiger partial charge in [-0.15, -0.1) is 0 Å². The summed E-state index contributed by atoms with van der Waals surface area (Å²) in [6, 6.07) is 18.1.